The number of allylic oxidation sites excluding steroid dienone is 1. The SMILES string of the molecule is C=CCC1(C(C)=O)CCN(C)CC1. The fraction of sp³-hybridized carbons (Fsp3) is 0.727. The lowest BCUT2D eigenvalue weighted by molar-refractivity contribution is -0.128. The Morgan fingerprint density at radius 3 is 2.46 bits per heavy atom. The minimum absolute atomic E-state index is 0.0890. The van der Waals surface area contributed by atoms with Crippen molar-refractivity contribution in [2.75, 3.05) is 20.1 Å². The Kier molecular flexibility index (Phi) is 3.26. The van der Waals surface area contributed by atoms with Crippen LogP contribution in [0.2, 0.25) is 0 Å². The van der Waals surface area contributed by atoms with Gasteiger partial charge in [0.2, 0.25) is 0 Å². The maximum atomic E-state index is 11.6. The van der Waals surface area contributed by atoms with E-state index < -0.39 is 0 Å². The number of piperidine rings is 1. The van der Waals surface area contributed by atoms with E-state index in [9.17, 15) is 4.79 Å². The fourth-order valence-corrected chi connectivity index (χ4v) is 2.02. The third-order valence-electron chi connectivity index (χ3n) is 3.23. The molecule has 1 aliphatic heterocycles. The summed E-state index contributed by atoms with van der Waals surface area (Å²) >= 11 is 0. The average molecular weight is 181 g/mol. The molecule has 1 rings (SSSR count). The summed E-state index contributed by atoms with van der Waals surface area (Å²) in [7, 11) is 2.11. The first kappa shape index (κ1) is 10.5. The largest absolute Gasteiger partial charge is 0.306 e. The summed E-state index contributed by atoms with van der Waals surface area (Å²) in [4.78, 5) is 13.8. The highest BCUT2D eigenvalue weighted by molar-refractivity contribution is 5.82. The van der Waals surface area contributed by atoms with Gasteiger partial charge in [-0.1, -0.05) is 6.08 Å². The van der Waals surface area contributed by atoms with Gasteiger partial charge in [0, 0.05) is 5.41 Å². The van der Waals surface area contributed by atoms with Crippen LogP contribution in [-0.2, 0) is 4.79 Å². The van der Waals surface area contributed by atoms with E-state index in [1.54, 1.807) is 6.92 Å². The predicted molar refractivity (Wildman–Crippen MR) is 54.7 cm³/mol. The molecule has 0 amide bonds. The summed E-state index contributed by atoms with van der Waals surface area (Å²) < 4.78 is 0. The Labute approximate surface area is 80.6 Å². The Bertz CT molecular complexity index is 202. The van der Waals surface area contributed by atoms with Gasteiger partial charge in [-0.2, -0.15) is 0 Å². The molecule has 2 nitrogen and oxygen atoms in total. The van der Waals surface area contributed by atoms with E-state index in [4.69, 9.17) is 0 Å². The first-order valence-electron chi connectivity index (χ1n) is 4.91. The molecule has 0 bridgehead atoms. The number of hydrogen-bond donors (Lipinski definition) is 0. The minimum Gasteiger partial charge on any atom is -0.306 e. The van der Waals surface area contributed by atoms with E-state index in [1.807, 2.05) is 6.08 Å². The predicted octanol–water partition coefficient (Wildman–Crippen LogP) is 1.86. The topological polar surface area (TPSA) is 20.3 Å². The van der Waals surface area contributed by atoms with E-state index in [0.717, 1.165) is 32.4 Å². The molecule has 0 aliphatic carbocycles. The molecule has 0 aromatic carbocycles. The molecular weight excluding hydrogens is 162 g/mol. The van der Waals surface area contributed by atoms with Gasteiger partial charge in [0.25, 0.3) is 0 Å². The minimum atomic E-state index is -0.0890. The number of likely N-dealkylation sites (tertiary alicyclic amines) is 1. The number of ketones is 1. The Morgan fingerprint density at radius 2 is 2.08 bits per heavy atom. The second-order valence-electron chi connectivity index (χ2n) is 4.13. The summed E-state index contributed by atoms with van der Waals surface area (Å²) in [5.41, 5.74) is -0.0890. The van der Waals surface area contributed by atoms with Crippen molar-refractivity contribution in [3.05, 3.63) is 12.7 Å². The molecule has 0 N–H and O–H groups in total. The second kappa shape index (κ2) is 4.05. The van der Waals surface area contributed by atoms with Crippen molar-refractivity contribution < 1.29 is 4.79 Å². The van der Waals surface area contributed by atoms with E-state index >= 15 is 0 Å². The van der Waals surface area contributed by atoms with Crippen LogP contribution >= 0.6 is 0 Å². The zero-order chi connectivity index (χ0) is 9.90. The van der Waals surface area contributed by atoms with Gasteiger partial charge in [0.15, 0.2) is 0 Å². The standard InChI is InChI=1S/C11H19NO/c1-4-5-11(10(2)13)6-8-12(3)9-7-11/h4H,1,5-9H2,2-3H3. The number of nitrogens with zero attached hydrogens (tertiary/aromatic N) is 1. The fourth-order valence-electron chi connectivity index (χ4n) is 2.02. The van der Waals surface area contributed by atoms with Crippen LogP contribution in [0.25, 0.3) is 0 Å². The molecule has 0 aromatic rings. The summed E-state index contributed by atoms with van der Waals surface area (Å²) in [6.07, 6.45) is 4.71. The number of rotatable bonds is 3. The number of carbonyl (C=O) groups excluding carboxylic acids is 1. The number of hydrogen-bond acceptors (Lipinski definition) is 2. The van der Waals surface area contributed by atoms with Gasteiger partial charge in [0.05, 0.1) is 0 Å². The molecule has 0 saturated carbocycles. The third kappa shape index (κ3) is 2.19. The maximum Gasteiger partial charge on any atom is 0.136 e. The van der Waals surface area contributed by atoms with Crippen molar-refractivity contribution in [1.82, 2.24) is 4.90 Å². The maximum absolute atomic E-state index is 11.6. The van der Waals surface area contributed by atoms with E-state index in [0.29, 0.717) is 5.78 Å². The van der Waals surface area contributed by atoms with Gasteiger partial charge >= 0.3 is 0 Å². The quantitative estimate of drug-likeness (QED) is 0.619. The molecule has 1 fully saturated rings. The van der Waals surface area contributed by atoms with Gasteiger partial charge in [-0.15, -0.1) is 6.58 Å². The molecule has 1 saturated heterocycles. The lowest BCUT2D eigenvalue weighted by atomic mass is 9.73. The first-order valence-corrected chi connectivity index (χ1v) is 4.91. The van der Waals surface area contributed by atoms with Gasteiger partial charge in [-0.25, -0.2) is 0 Å². The highest BCUT2D eigenvalue weighted by Gasteiger charge is 2.36. The van der Waals surface area contributed by atoms with E-state index in [1.165, 1.54) is 0 Å². The molecule has 0 spiro atoms. The first-order chi connectivity index (χ1) is 6.10. The van der Waals surface area contributed by atoms with Gasteiger partial charge < -0.3 is 4.90 Å². The third-order valence-corrected chi connectivity index (χ3v) is 3.23. The Morgan fingerprint density at radius 1 is 1.54 bits per heavy atom. The van der Waals surface area contributed by atoms with Crippen LogP contribution in [0.5, 0.6) is 0 Å². The van der Waals surface area contributed by atoms with Crippen molar-refractivity contribution in [3.8, 4) is 0 Å². The molecule has 0 aromatic heterocycles. The van der Waals surface area contributed by atoms with Crippen molar-refractivity contribution >= 4 is 5.78 Å². The van der Waals surface area contributed by atoms with Gasteiger partial charge in [-0.3, -0.25) is 4.79 Å². The summed E-state index contributed by atoms with van der Waals surface area (Å²) in [5, 5.41) is 0. The molecule has 1 heterocycles. The molecule has 1 aliphatic rings. The molecular formula is C11H19NO. The summed E-state index contributed by atoms with van der Waals surface area (Å²) in [6, 6.07) is 0. The zero-order valence-corrected chi connectivity index (χ0v) is 8.68. The molecule has 0 radical (unpaired) electrons. The van der Waals surface area contributed by atoms with Crippen LogP contribution in [0.15, 0.2) is 12.7 Å². The van der Waals surface area contributed by atoms with Crippen LogP contribution in [0.1, 0.15) is 26.2 Å². The van der Waals surface area contributed by atoms with Crippen LogP contribution in [0.4, 0.5) is 0 Å². The number of Topliss-reactive ketones (excluding diaryl/α,β-unsaturated/α-hetero) is 1. The van der Waals surface area contributed by atoms with Crippen molar-refractivity contribution in [2.24, 2.45) is 5.41 Å². The highest BCUT2D eigenvalue weighted by atomic mass is 16.1. The van der Waals surface area contributed by atoms with Crippen LogP contribution in [-0.4, -0.2) is 30.8 Å². The van der Waals surface area contributed by atoms with Crippen molar-refractivity contribution in [1.29, 1.82) is 0 Å². The van der Waals surface area contributed by atoms with Crippen LogP contribution < -0.4 is 0 Å². The van der Waals surface area contributed by atoms with Crippen molar-refractivity contribution in [2.45, 2.75) is 26.2 Å². The van der Waals surface area contributed by atoms with Gasteiger partial charge in [-0.05, 0) is 46.3 Å². The highest BCUT2D eigenvalue weighted by Crippen LogP contribution is 2.35. The van der Waals surface area contributed by atoms with Crippen LogP contribution in [0, 0.1) is 5.41 Å². The molecule has 74 valence electrons. The van der Waals surface area contributed by atoms with E-state index in [2.05, 4.69) is 18.5 Å². The zero-order valence-electron chi connectivity index (χ0n) is 8.68. The summed E-state index contributed by atoms with van der Waals surface area (Å²) in [5.74, 6) is 0.334. The van der Waals surface area contributed by atoms with Crippen LogP contribution in [0.3, 0.4) is 0 Å². The van der Waals surface area contributed by atoms with Crippen molar-refractivity contribution in [3.63, 3.8) is 0 Å². The average Bonchev–Trinajstić information content (AvgIpc) is 2.09. The normalized spacial score (nSPS) is 22.6. The number of carbonyl (C=O) groups is 1. The molecule has 13 heavy (non-hydrogen) atoms. The second-order valence-corrected chi connectivity index (χ2v) is 4.13. The summed E-state index contributed by atoms with van der Waals surface area (Å²) in [6.45, 7) is 7.52. The van der Waals surface area contributed by atoms with E-state index in [-0.39, 0.29) is 5.41 Å². The Hall–Kier alpha value is -0.630. The Balaban J connectivity index is 2.68. The molecule has 0 unspecified atom stereocenters. The smallest absolute Gasteiger partial charge is 0.136 e. The lowest BCUT2D eigenvalue weighted by Crippen LogP contribution is -2.41. The monoisotopic (exact) mass is 181 g/mol. The molecule has 0 atom stereocenters. The van der Waals surface area contributed by atoms with Gasteiger partial charge in [0.1, 0.15) is 5.78 Å². The molecule has 2 heteroatoms. The lowest BCUT2D eigenvalue weighted by Gasteiger charge is -2.38.